The van der Waals surface area contributed by atoms with E-state index < -0.39 is 0 Å². The fourth-order valence-electron chi connectivity index (χ4n) is 1.14. The number of rotatable bonds is 3. The van der Waals surface area contributed by atoms with Crippen LogP contribution < -0.4 is 5.32 Å². The lowest BCUT2D eigenvalue weighted by Crippen LogP contribution is -2.27. The first-order valence-electron chi connectivity index (χ1n) is 5.48. The maximum Gasteiger partial charge on any atom is 0.157 e. The van der Waals surface area contributed by atoms with Gasteiger partial charge < -0.3 is 5.32 Å². The average molecular weight is 214 g/mol. The summed E-state index contributed by atoms with van der Waals surface area (Å²) < 4.78 is 0. The second-order valence-corrected chi connectivity index (χ2v) is 5.99. The molecule has 1 aliphatic rings. The van der Waals surface area contributed by atoms with Crippen molar-refractivity contribution in [2.45, 2.75) is 45.9 Å². The third kappa shape index (κ3) is 3.19. The van der Waals surface area contributed by atoms with Gasteiger partial charge in [0.15, 0.2) is 5.17 Å². The Kier molecular flexibility index (Phi) is 4.30. The first kappa shape index (κ1) is 11.9. The van der Waals surface area contributed by atoms with Crippen LogP contribution in [0.3, 0.4) is 0 Å². The number of nitrogens with zero attached hydrogens (tertiary/aromatic N) is 1. The lowest BCUT2D eigenvalue weighted by molar-refractivity contribution is 0.430. The van der Waals surface area contributed by atoms with Gasteiger partial charge in [-0.25, -0.2) is 0 Å². The highest BCUT2D eigenvalue weighted by Crippen LogP contribution is 2.23. The number of thioether (sulfide) groups is 1. The molecule has 3 atom stereocenters. The van der Waals surface area contributed by atoms with Crippen LogP contribution in [0.5, 0.6) is 0 Å². The molecule has 0 aromatic carbocycles. The van der Waals surface area contributed by atoms with E-state index in [0.717, 1.165) is 17.6 Å². The van der Waals surface area contributed by atoms with E-state index >= 15 is 0 Å². The van der Waals surface area contributed by atoms with Gasteiger partial charge in [-0.2, -0.15) is 0 Å². The molecule has 0 spiro atoms. The van der Waals surface area contributed by atoms with Crippen molar-refractivity contribution in [2.75, 3.05) is 6.54 Å². The van der Waals surface area contributed by atoms with Crippen molar-refractivity contribution in [1.82, 2.24) is 5.32 Å². The topological polar surface area (TPSA) is 24.4 Å². The lowest BCUT2D eigenvalue weighted by Gasteiger charge is -2.12. The van der Waals surface area contributed by atoms with Crippen molar-refractivity contribution in [1.29, 1.82) is 0 Å². The van der Waals surface area contributed by atoms with Gasteiger partial charge in [0.1, 0.15) is 0 Å². The quantitative estimate of drug-likeness (QED) is 0.781. The van der Waals surface area contributed by atoms with Gasteiger partial charge in [-0.1, -0.05) is 39.5 Å². The van der Waals surface area contributed by atoms with Crippen LogP contribution in [0.4, 0.5) is 0 Å². The molecule has 1 saturated heterocycles. The molecule has 1 N–H and O–H groups in total. The summed E-state index contributed by atoms with van der Waals surface area (Å²) in [7, 11) is 0. The maximum absolute atomic E-state index is 4.61. The van der Waals surface area contributed by atoms with Crippen molar-refractivity contribution < 1.29 is 0 Å². The molecular formula is C11H22N2S. The highest BCUT2D eigenvalue weighted by molar-refractivity contribution is 8.14. The summed E-state index contributed by atoms with van der Waals surface area (Å²) in [6.07, 6.45) is 0. The number of aliphatic imine (C=N–C) groups is 1. The van der Waals surface area contributed by atoms with Gasteiger partial charge in [0, 0.05) is 17.8 Å². The minimum absolute atomic E-state index is 0.563. The first-order valence-corrected chi connectivity index (χ1v) is 6.36. The van der Waals surface area contributed by atoms with Gasteiger partial charge in [-0.15, -0.1) is 0 Å². The van der Waals surface area contributed by atoms with Crippen LogP contribution in [0.2, 0.25) is 0 Å². The molecule has 2 nitrogen and oxygen atoms in total. The van der Waals surface area contributed by atoms with Crippen molar-refractivity contribution in [3.63, 3.8) is 0 Å². The van der Waals surface area contributed by atoms with Crippen LogP contribution in [0.1, 0.15) is 34.6 Å². The van der Waals surface area contributed by atoms with Gasteiger partial charge in [0.2, 0.25) is 0 Å². The molecule has 0 saturated carbocycles. The molecule has 0 radical (unpaired) electrons. The molecule has 0 aliphatic carbocycles. The van der Waals surface area contributed by atoms with Gasteiger partial charge in [-0.05, 0) is 18.8 Å². The molecular weight excluding hydrogens is 192 g/mol. The fourth-order valence-corrected chi connectivity index (χ4v) is 2.17. The molecule has 3 heteroatoms. The van der Waals surface area contributed by atoms with Crippen LogP contribution >= 0.6 is 11.8 Å². The molecule has 14 heavy (non-hydrogen) atoms. The molecule has 1 aliphatic heterocycles. The Labute approximate surface area is 92.0 Å². The highest BCUT2D eigenvalue weighted by atomic mass is 32.2. The van der Waals surface area contributed by atoms with E-state index in [1.807, 2.05) is 11.8 Å². The predicted octanol–water partition coefficient (Wildman–Crippen LogP) is 2.75. The Morgan fingerprint density at radius 2 is 2.00 bits per heavy atom. The summed E-state index contributed by atoms with van der Waals surface area (Å²) in [6.45, 7) is 12.2. The van der Waals surface area contributed by atoms with Crippen molar-refractivity contribution >= 4 is 16.9 Å². The number of amidine groups is 1. The Morgan fingerprint density at radius 1 is 1.36 bits per heavy atom. The monoisotopic (exact) mass is 214 g/mol. The summed E-state index contributed by atoms with van der Waals surface area (Å²) >= 11 is 1.87. The Hall–Kier alpha value is -0.180. The zero-order valence-electron chi connectivity index (χ0n) is 9.87. The zero-order valence-corrected chi connectivity index (χ0v) is 10.7. The molecule has 0 bridgehead atoms. The molecule has 1 rings (SSSR count). The van der Waals surface area contributed by atoms with E-state index in [0.29, 0.717) is 17.2 Å². The molecule has 0 amide bonds. The molecule has 82 valence electrons. The van der Waals surface area contributed by atoms with Crippen LogP contribution in [-0.4, -0.2) is 23.0 Å². The van der Waals surface area contributed by atoms with Crippen LogP contribution in [0.15, 0.2) is 4.99 Å². The fraction of sp³-hybridized carbons (Fsp3) is 0.909. The normalized spacial score (nSPS) is 32.3. The van der Waals surface area contributed by atoms with E-state index in [4.69, 9.17) is 0 Å². The summed E-state index contributed by atoms with van der Waals surface area (Å²) in [5.41, 5.74) is 0. The van der Waals surface area contributed by atoms with Crippen LogP contribution in [-0.2, 0) is 0 Å². The van der Waals surface area contributed by atoms with Crippen molar-refractivity contribution in [3.05, 3.63) is 0 Å². The Bertz CT molecular complexity index is 201. The van der Waals surface area contributed by atoms with Crippen molar-refractivity contribution in [2.24, 2.45) is 16.8 Å². The summed E-state index contributed by atoms with van der Waals surface area (Å²) in [6, 6.07) is 0.563. The van der Waals surface area contributed by atoms with E-state index in [2.05, 4.69) is 44.9 Å². The number of hydrogen-bond donors (Lipinski definition) is 1. The third-order valence-corrected chi connectivity index (χ3v) is 4.26. The van der Waals surface area contributed by atoms with E-state index in [-0.39, 0.29) is 0 Å². The minimum atomic E-state index is 0.563. The largest absolute Gasteiger partial charge is 0.361 e. The zero-order chi connectivity index (χ0) is 10.7. The highest BCUT2D eigenvalue weighted by Gasteiger charge is 2.24. The van der Waals surface area contributed by atoms with E-state index in [1.54, 1.807) is 0 Å². The molecule has 0 aromatic rings. The number of hydrogen-bond acceptors (Lipinski definition) is 2. The maximum atomic E-state index is 4.61. The first-order chi connectivity index (χ1) is 6.50. The van der Waals surface area contributed by atoms with Gasteiger partial charge >= 0.3 is 0 Å². The molecule has 1 fully saturated rings. The van der Waals surface area contributed by atoms with Gasteiger partial charge in [0.25, 0.3) is 0 Å². The third-order valence-electron chi connectivity index (χ3n) is 3.01. The minimum Gasteiger partial charge on any atom is -0.361 e. The van der Waals surface area contributed by atoms with E-state index in [9.17, 15) is 0 Å². The molecule has 1 heterocycles. The van der Waals surface area contributed by atoms with Gasteiger partial charge in [-0.3, -0.25) is 4.99 Å². The molecule has 3 unspecified atom stereocenters. The average Bonchev–Trinajstić information content (AvgIpc) is 2.42. The summed E-state index contributed by atoms with van der Waals surface area (Å²) in [4.78, 5) is 4.61. The SMILES string of the molecule is CC(C)C(C)CN=C1NC(C)C(C)S1. The summed E-state index contributed by atoms with van der Waals surface area (Å²) in [5, 5.41) is 5.20. The Morgan fingerprint density at radius 3 is 2.43 bits per heavy atom. The van der Waals surface area contributed by atoms with Gasteiger partial charge in [0.05, 0.1) is 0 Å². The second kappa shape index (κ2) is 5.06. The number of nitrogens with one attached hydrogen (secondary N) is 1. The van der Waals surface area contributed by atoms with Crippen molar-refractivity contribution in [3.8, 4) is 0 Å². The second-order valence-electron chi connectivity index (χ2n) is 4.62. The molecule has 0 aromatic heterocycles. The van der Waals surface area contributed by atoms with Crippen LogP contribution in [0.25, 0.3) is 0 Å². The summed E-state index contributed by atoms with van der Waals surface area (Å²) in [5.74, 6) is 1.40. The standard InChI is InChI=1S/C11H22N2S/c1-7(2)8(3)6-12-11-13-9(4)10(5)14-11/h7-10H,6H2,1-5H3,(H,12,13). The smallest absolute Gasteiger partial charge is 0.157 e. The van der Waals surface area contributed by atoms with E-state index in [1.165, 1.54) is 0 Å². The lowest BCUT2D eigenvalue weighted by atomic mass is 9.99. The Balaban J connectivity index is 2.39. The van der Waals surface area contributed by atoms with Crippen LogP contribution in [0, 0.1) is 11.8 Å². The predicted molar refractivity (Wildman–Crippen MR) is 66.0 cm³/mol.